The molecule has 0 aliphatic carbocycles. The first kappa shape index (κ1) is 22.7. The van der Waals surface area contributed by atoms with E-state index < -0.39 is 5.97 Å². The van der Waals surface area contributed by atoms with Crippen LogP contribution >= 0.6 is 11.3 Å². The van der Waals surface area contributed by atoms with Crippen LogP contribution in [0, 0.1) is 17.7 Å². The number of halogens is 1. The molecule has 2 atom stereocenters. The quantitative estimate of drug-likeness (QED) is 0.685. The van der Waals surface area contributed by atoms with E-state index in [9.17, 15) is 19.1 Å². The van der Waals surface area contributed by atoms with Gasteiger partial charge in [0, 0.05) is 51.4 Å². The summed E-state index contributed by atoms with van der Waals surface area (Å²) in [6.45, 7) is 5.78. The summed E-state index contributed by atoms with van der Waals surface area (Å²) in [6.07, 6.45) is 1.80. The number of aliphatic carboxylic acids is 1. The van der Waals surface area contributed by atoms with Crippen molar-refractivity contribution in [2.45, 2.75) is 19.3 Å². The SMILES string of the molecule is O=C(O)CC1CCN(C(=O)c2cccs2)CC1CCN1CCN(c2ccc(F)cc2)CC1. The van der Waals surface area contributed by atoms with Crippen molar-refractivity contribution >= 4 is 28.9 Å². The van der Waals surface area contributed by atoms with E-state index >= 15 is 0 Å². The number of anilines is 1. The third kappa shape index (κ3) is 5.66. The molecule has 3 heterocycles. The molecular weight excluding hydrogens is 429 g/mol. The second kappa shape index (κ2) is 10.4. The predicted octanol–water partition coefficient (Wildman–Crippen LogP) is 3.65. The fourth-order valence-corrected chi connectivity index (χ4v) is 5.56. The van der Waals surface area contributed by atoms with Gasteiger partial charge in [-0.15, -0.1) is 11.3 Å². The van der Waals surface area contributed by atoms with Gasteiger partial charge < -0.3 is 14.9 Å². The first-order valence-electron chi connectivity index (χ1n) is 11.3. The normalized spacial score (nSPS) is 22.2. The van der Waals surface area contributed by atoms with Crippen molar-refractivity contribution in [1.29, 1.82) is 0 Å². The summed E-state index contributed by atoms with van der Waals surface area (Å²) in [5.74, 6) is -0.612. The highest BCUT2D eigenvalue weighted by Gasteiger charge is 2.33. The van der Waals surface area contributed by atoms with E-state index in [0.717, 1.165) is 56.1 Å². The van der Waals surface area contributed by atoms with E-state index in [4.69, 9.17) is 0 Å². The van der Waals surface area contributed by atoms with Gasteiger partial charge in [0.1, 0.15) is 5.82 Å². The topological polar surface area (TPSA) is 64.1 Å². The van der Waals surface area contributed by atoms with Crippen molar-refractivity contribution in [2.75, 3.05) is 50.7 Å². The Kier molecular flexibility index (Phi) is 7.42. The fourth-order valence-electron chi connectivity index (χ4n) is 4.87. The summed E-state index contributed by atoms with van der Waals surface area (Å²) in [5.41, 5.74) is 1.04. The molecule has 32 heavy (non-hydrogen) atoms. The van der Waals surface area contributed by atoms with Gasteiger partial charge in [0.2, 0.25) is 0 Å². The molecule has 2 aromatic rings. The zero-order valence-corrected chi connectivity index (χ0v) is 19.0. The largest absolute Gasteiger partial charge is 0.481 e. The smallest absolute Gasteiger partial charge is 0.303 e. The van der Waals surface area contributed by atoms with Crippen LogP contribution in [0.3, 0.4) is 0 Å². The van der Waals surface area contributed by atoms with E-state index in [-0.39, 0.29) is 30.0 Å². The number of nitrogens with zero attached hydrogens (tertiary/aromatic N) is 3. The van der Waals surface area contributed by atoms with Crippen LogP contribution in [0.2, 0.25) is 0 Å². The monoisotopic (exact) mass is 459 g/mol. The lowest BCUT2D eigenvalue weighted by molar-refractivity contribution is -0.139. The Balaban J connectivity index is 1.31. The number of piperazine rings is 1. The number of likely N-dealkylation sites (tertiary alicyclic amines) is 1. The van der Waals surface area contributed by atoms with Crippen LogP contribution < -0.4 is 4.90 Å². The Morgan fingerprint density at radius 2 is 1.78 bits per heavy atom. The van der Waals surface area contributed by atoms with Crippen LogP contribution in [0.25, 0.3) is 0 Å². The summed E-state index contributed by atoms with van der Waals surface area (Å²) < 4.78 is 13.2. The number of amides is 1. The number of benzene rings is 1. The first-order valence-corrected chi connectivity index (χ1v) is 12.1. The number of rotatable bonds is 7. The van der Waals surface area contributed by atoms with Gasteiger partial charge in [-0.1, -0.05) is 6.07 Å². The molecule has 8 heteroatoms. The lowest BCUT2D eigenvalue weighted by Crippen LogP contribution is -2.48. The van der Waals surface area contributed by atoms with Crippen LogP contribution in [-0.2, 0) is 4.79 Å². The van der Waals surface area contributed by atoms with E-state index in [2.05, 4.69) is 9.80 Å². The molecule has 2 aliphatic rings. The van der Waals surface area contributed by atoms with Gasteiger partial charge in [-0.2, -0.15) is 0 Å². The minimum absolute atomic E-state index is 0.0617. The van der Waals surface area contributed by atoms with Crippen LogP contribution in [0.5, 0.6) is 0 Å². The maximum Gasteiger partial charge on any atom is 0.303 e. The van der Waals surface area contributed by atoms with Crippen LogP contribution in [0.4, 0.5) is 10.1 Å². The van der Waals surface area contributed by atoms with Gasteiger partial charge >= 0.3 is 5.97 Å². The molecule has 2 aliphatic heterocycles. The molecule has 6 nitrogen and oxygen atoms in total. The summed E-state index contributed by atoms with van der Waals surface area (Å²) in [6, 6.07) is 10.4. The molecule has 1 aromatic heterocycles. The van der Waals surface area contributed by atoms with Gasteiger partial charge in [0.15, 0.2) is 0 Å². The van der Waals surface area contributed by atoms with Crippen molar-refractivity contribution in [2.24, 2.45) is 11.8 Å². The van der Waals surface area contributed by atoms with Gasteiger partial charge in [0.25, 0.3) is 5.91 Å². The van der Waals surface area contributed by atoms with Gasteiger partial charge in [-0.05, 0) is 66.9 Å². The van der Waals surface area contributed by atoms with Crippen molar-refractivity contribution in [3.05, 3.63) is 52.5 Å². The van der Waals surface area contributed by atoms with Crippen molar-refractivity contribution in [3.8, 4) is 0 Å². The summed E-state index contributed by atoms with van der Waals surface area (Å²) >= 11 is 1.45. The maximum absolute atomic E-state index is 13.2. The lowest BCUT2D eigenvalue weighted by atomic mass is 9.81. The van der Waals surface area contributed by atoms with Crippen molar-refractivity contribution < 1.29 is 19.1 Å². The van der Waals surface area contributed by atoms with Crippen LogP contribution in [0.1, 0.15) is 28.9 Å². The molecule has 1 N–H and O–H groups in total. The molecule has 2 saturated heterocycles. The van der Waals surface area contributed by atoms with Crippen LogP contribution in [-0.4, -0.2) is 72.6 Å². The molecule has 4 rings (SSSR count). The van der Waals surface area contributed by atoms with E-state index in [1.54, 1.807) is 0 Å². The average molecular weight is 460 g/mol. The summed E-state index contributed by atoms with van der Waals surface area (Å²) in [4.78, 5) is 31.5. The highest BCUT2D eigenvalue weighted by molar-refractivity contribution is 7.12. The Hall–Kier alpha value is -2.45. The number of thiophene rings is 1. The fraction of sp³-hybridized carbons (Fsp3) is 0.500. The number of carbonyl (C=O) groups excluding carboxylic acids is 1. The van der Waals surface area contributed by atoms with Gasteiger partial charge in [-0.25, -0.2) is 4.39 Å². The molecule has 1 amide bonds. The molecule has 1 aromatic carbocycles. The van der Waals surface area contributed by atoms with E-state index in [1.807, 2.05) is 34.5 Å². The zero-order valence-electron chi connectivity index (χ0n) is 18.2. The minimum atomic E-state index is -0.758. The lowest BCUT2D eigenvalue weighted by Gasteiger charge is -2.40. The Bertz CT molecular complexity index is 898. The highest BCUT2D eigenvalue weighted by atomic mass is 32.1. The Morgan fingerprint density at radius 1 is 1.03 bits per heavy atom. The molecular formula is C24H30FN3O3S. The number of carbonyl (C=O) groups is 2. The highest BCUT2D eigenvalue weighted by Crippen LogP contribution is 2.31. The number of carboxylic acid groups (broad SMARTS) is 1. The maximum atomic E-state index is 13.2. The molecule has 0 bridgehead atoms. The first-order chi connectivity index (χ1) is 15.5. The number of piperidine rings is 1. The molecule has 2 unspecified atom stereocenters. The third-order valence-corrected chi connectivity index (χ3v) is 7.59. The summed E-state index contributed by atoms with van der Waals surface area (Å²) in [5, 5.41) is 11.3. The van der Waals surface area contributed by atoms with Crippen LogP contribution in [0.15, 0.2) is 41.8 Å². The Morgan fingerprint density at radius 3 is 2.44 bits per heavy atom. The zero-order chi connectivity index (χ0) is 22.5. The predicted molar refractivity (Wildman–Crippen MR) is 124 cm³/mol. The summed E-state index contributed by atoms with van der Waals surface area (Å²) in [7, 11) is 0. The Labute approximate surface area is 192 Å². The van der Waals surface area contributed by atoms with E-state index in [0.29, 0.717) is 13.1 Å². The number of hydrogen-bond acceptors (Lipinski definition) is 5. The minimum Gasteiger partial charge on any atom is -0.481 e. The molecule has 172 valence electrons. The average Bonchev–Trinajstić information content (AvgIpc) is 3.33. The van der Waals surface area contributed by atoms with Gasteiger partial charge in [-0.3, -0.25) is 14.5 Å². The third-order valence-electron chi connectivity index (χ3n) is 6.73. The van der Waals surface area contributed by atoms with Gasteiger partial charge in [0.05, 0.1) is 4.88 Å². The second-order valence-electron chi connectivity index (χ2n) is 8.73. The van der Waals surface area contributed by atoms with E-state index in [1.165, 1.54) is 23.5 Å². The van der Waals surface area contributed by atoms with Crippen molar-refractivity contribution in [3.63, 3.8) is 0 Å². The standard InChI is InChI=1S/C24H30FN3O3S/c25-20-3-5-21(6-4-20)27-13-11-26(12-14-27)9-7-19-17-28(10-8-18(19)16-23(29)30)24(31)22-2-1-15-32-22/h1-6,15,18-19H,7-14,16-17H2,(H,29,30). The number of carboxylic acids is 1. The number of hydrogen-bond donors (Lipinski definition) is 1. The molecule has 0 saturated carbocycles. The molecule has 2 fully saturated rings. The second-order valence-corrected chi connectivity index (χ2v) is 9.68. The molecule has 0 radical (unpaired) electrons. The molecule has 0 spiro atoms. The van der Waals surface area contributed by atoms with Crippen molar-refractivity contribution in [1.82, 2.24) is 9.80 Å².